The van der Waals surface area contributed by atoms with Gasteiger partial charge in [0.05, 0.1) is 0 Å². The molecule has 2 heterocycles. The smallest absolute Gasteiger partial charge is 0.0412 e. The fraction of sp³-hybridized carbons (Fsp3) is 0.333. The molecule has 0 saturated carbocycles. The van der Waals surface area contributed by atoms with Crippen LogP contribution in [0.5, 0.6) is 0 Å². The van der Waals surface area contributed by atoms with Crippen LogP contribution < -0.4 is 0 Å². The Labute approximate surface area is 143 Å². The molecule has 0 amide bonds. The van der Waals surface area contributed by atoms with Crippen LogP contribution in [-0.2, 0) is 6.54 Å². The first-order valence-electron chi connectivity index (χ1n) is 8.56. The third-order valence-corrected chi connectivity index (χ3v) is 5.42. The van der Waals surface area contributed by atoms with Gasteiger partial charge in [0, 0.05) is 23.7 Å². The summed E-state index contributed by atoms with van der Waals surface area (Å²) in [5, 5.41) is 0.834. The highest BCUT2D eigenvalue weighted by atomic mass is 35.5. The highest BCUT2D eigenvalue weighted by molar-refractivity contribution is 6.30. The summed E-state index contributed by atoms with van der Waals surface area (Å²) in [5.41, 5.74) is 4.20. The van der Waals surface area contributed by atoms with Gasteiger partial charge in [0.1, 0.15) is 0 Å². The second-order valence-electron chi connectivity index (χ2n) is 6.72. The minimum atomic E-state index is 0.566. The van der Waals surface area contributed by atoms with Crippen molar-refractivity contribution >= 4 is 17.2 Å². The van der Waals surface area contributed by atoms with Crippen molar-refractivity contribution in [2.45, 2.75) is 44.3 Å². The molecule has 0 aromatic heterocycles. The number of fused-ring (bicyclic) bond motifs is 2. The molecule has 0 aliphatic carbocycles. The van der Waals surface area contributed by atoms with Crippen LogP contribution in [0.1, 0.15) is 36.8 Å². The second kappa shape index (κ2) is 6.51. The van der Waals surface area contributed by atoms with Gasteiger partial charge in [-0.1, -0.05) is 66.6 Å². The van der Waals surface area contributed by atoms with Gasteiger partial charge in [-0.2, -0.15) is 0 Å². The lowest BCUT2D eigenvalue weighted by atomic mass is 9.82. The summed E-state index contributed by atoms with van der Waals surface area (Å²) in [5.74, 6) is 0. The summed E-state index contributed by atoms with van der Waals surface area (Å²) in [4.78, 5) is 2.70. The molecule has 0 spiro atoms. The third kappa shape index (κ3) is 3.22. The minimum Gasteiger partial charge on any atom is -0.289 e. The summed E-state index contributed by atoms with van der Waals surface area (Å²) in [7, 11) is 0. The Balaban J connectivity index is 1.60. The Bertz CT molecular complexity index is 707. The highest BCUT2D eigenvalue weighted by Gasteiger charge is 2.33. The molecule has 0 radical (unpaired) electrons. The van der Waals surface area contributed by atoms with E-state index in [1.807, 2.05) is 6.07 Å². The highest BCUT2D eigenvalue weighted by Crippen LogP contribution is 2.38. The summed E-state index contributed by atoms with van der Waals surface area (Å²) < 4.78 is 0. The lowest BCUT2D eigenvalue weighted by Gasteiger charge is -2.45. The van der Waals surface area contributed by atoms with Crippen molar-refractivity contribution < 1.29 is 0 Å². The summed E-state index contributed by atoms with van der Waals surface area (Å²) >= 11 is 6.18. The van der Waals surface area contributed by atoms with Crippen molar-refractivity contribution in [2.24, 2.45) is 0 Å². The van der Waals surface area contributed by atoms with E-state index in [4.69, 9.17) is 11.6 Å². The van der Waals surface area contributed by atoms with Crippen LogP contribution in [0.25, 0.3) is 5.57 Å². The molecule has 1 saturated heterocycles. The molecule has 2 aliphatic rings. The van der Waals surface area contributed by atoms with Crippen LogP contribution in [0, 0.1) is 0 Å². The van der Waals surface area contributed by atoms with Crippen molar-refractivity contribution in [1.82, 2.24) is 4.90 Å². The maximum absolute atomic E-state index is 6.18. The van der Waals surface area contributed by atoms with Crippen LogP contribution >= 0.6 is 11.6 Å². The molecule has 0 N–H and O–H groups in total. The van der Waals surface area contributed by atoms with Gasteiger partial charge in [0.15, 0.2) is 0 Å². The zero-order chi connectivity index (χ0) is 15.6. The van der Waals surface area contributed by atoms with Crippen LogP contribution in [0.15, 0.2) is 60.7 Å². The van der Waals surface area contributed by atoms with Crippen molar-refractivity contribution in [3.8, 4) is 0 Å². The first kappa shape index (κ1) is 15.0. The number of halogens is 1. The van der Waals surface area contributed by atoms with Gasteiger partial charge in [-0.15, -0.1) is 0 Å². The maximum atomic E-state index is 6.18. The monoisotopic (exact) mass is 323 g/mol. The van der Waals surface area contributed by atoms with Gasteiger partial charge in [-0.3, -0.25) is 4.90 Å². The molecular weight excluding hydrogens is 302 g/mol. The minimum absolute atomic E-state index is 0.566. The second-order valence-corrected chi connectivity index (χ2v) is 7.15. The molecule has 2 atom stereocenters. The van der Waals surface area contributed by atoms with Gasteiger partial charge in [-0.05, 0) is 48.1 Å². The van der Waals surface area contributed by atoms with E-state index in [0.717, 1.165) is 18.0 Å². The maximum Gasteiger partial charge on any atom is 0.0412 e. The summed E-state index contributed by atoms with van der Waals surface area (Å²) in [6.07, 6.45) is 7.56. The first-order valence-corrected chi connectivity index (χ1v) is 8.94. The Morgan fingerprint density at radius 1 is 1.00 bits per heavy atom. The van der Waals surface area contributed by atoms with Gasteiger partial charge < -0.3 is 0 Å². The molecule has 2 aliphatic heterocycles. The molecule has 2 unspecified atom stereocenters. The predicted octanol–water partition coefficient (Wildman–Crippen LogP) is 5.55. The zero-order valence-corrected chi connectivity index (χ0v) is 14.0. The van der Waals surface area contributed by atoms with E-state index >= 15 is 0 Å². The quantitative estimate of drug-likeness (QED) is 0.715. The average molecular weight is 324 g/mol. The predicted molar refractivity (Wildman–Crippen MR) is 97.5 cm³/mol. The number of nitrogens with zero attached hydrogens (tertiary/aromatic N) is 1. The standard InChI is InChI=1S/C21H22ClN/c22-19-9-4-8-17(12-19)18-13-20-10-5-11-21(14-18)23(20)15-16-6-2-1-3-7-16/h1-4,6-9,12-13,20-21H,5,10-11,14-15H2. The van der Waals surface area contributed by atoms with Crippen LogP contribution in [0.3, 0.4) is 0 Å². The summed E-state index contributed by atoms with van der Waals surface area (Å²) in [6, 6.07) is 20.4. The number of rotatable bonds is 3. The SMILES string of the molecule is Clc1cccc(C2=CC3CCCC(C2)N3Cc2ccccc2)c1. The number of benzene rings is 2. The van der Waals surface area contributed by atoms with Gasteiger partial charge in [0.25, 0.3) is 0 Å². The number of piperidine rings is 1. The van der Waals surface area contributed by atoms with Crippen molar-refractivity contribution in [1.29, 1.82) is 0 Å². The average Bonchev–Trinajstić information content (AvgIpc) is 2.55. The Morgan fingerprint density at radius 3 is 2.65 bits per heavy atom. The lowest BCUT2D eigenvalue weighted by Crippen LogP contribution is -2.47. The van der Waals surface area contributed by atoms with Crippen molar-refractivity contribution in [3.05, 3.63) is 76.8 Å². The van der Waals surface area contributed by atoms with Crippen molar-refractivity contribution in [2.75, 3.05) is 0 Å². The zero-order valence-electron chi connectivity index (χ0n) is 13.3. The Morgan fingerprint density at radius 2 is 1.87 bits per heavy atom. The van der Waals surface area contributed by atoms with E-state index in [9.17, 15) is 0 Å². The lowest BCUT2D eigenvalue weighted by molar-refractivity contribution is 0.0951. The van der Waals surface area contributed by atoms with E-state index in [-0.39, 0.29) is 0 Å². The fourth-order valence-corrected chi connectivity index (χ4v) is 4.25. The molecule has 1 fully saturated rings. The molecule has 23 heavy (non-hydrogen) atoms. The Hall–Kier alpha value is -1.57. The first-order chi connectivity index (χ1) is 11.3. The van der Waals surface area contributed by atoms with Crippen LogP contribution in [0.2, 0.25) is 5.02 Å². The third-order valence-electron chi connectivity index (χ3n) is 5.18. The van der Waals surface area contributed by atoms with Crippen molar-refractivity contribution in [3.63, 3.8) is 0 Å². The normalized spacial score (nSPS) is 24.3. The number of hydrogen-bond acceptors (Lipinski definition) is 1. The van der Waals surface area contributed by atoms with E-state index in [1.54, 1.807) is 0 Å². The van der Waals surface area contributed by atoms with Crippen LogP contribution in [-0.4, -0.2) is 17.0 Å². The molecule has 4 rings (SSSR count). The van der Waals surface area contributed by atoms with Gasteiger partial charge >= 0.3 is 0 Å². The van der Waals surface area contributed by atoms with E-state index in [1.165, 1.54) is 36.0 Å². The van der Waals surface area contributed by atoms with E-state index < -0.39 is 0 Å². The van der Waals surface area contributed by atoms with Gasteiger partial charge in [-0.25, -0.2) is 0 Å². The molecule has 1 nitrogen and oxygen atoms in total. The molecule has 2 aromatic carbocycles. The Kier molecular flexibility index (Phi) is 4.24. The molecule has 2 bridgehead atoms. The van der Waals surface area contributed by atoms with E-state index in [0.29, 0.717) is 12.1 Å². The molecule has 2 heteroatoms. The number of hydrogen-bond donors (Lipinski definition) is 0. The summed E-state index contributed by atoms with van der Waals surface area (Å²) in [6.45, 7) is 1.06. The molecule has 118 valence electrons. The fourth-order valence-electron chi connectivity index (χ4n) is 4.06. The van der Waals surface area contributed by atoms with Gasteiger partial charge in [0.2, 0.25) is 0 Å². The molecular formula is C21H22ClN. The van der Waals surface area contributed by atoms with E-state index in [2.05, 4.69) is 59.5 Å². The van der Waals surface area contributed by atoms with Crippen LogP contribution in [0.4, 0.5) is 0 Å². The molecule has 2 aromatic rings. The topological polar surface area (TPSA) is 3.24 Å². The largest absolute Gasteiger partial charge is 0.289 e.